The van der Waals surface area contributed by atoms with E-state index in [9.17, 15) is 4.79 Å². The molecule has 2 aliphatic rings. The van der Waals surface area contributed by atoms with Gasteiger partial charge in [-0.05, 0) is 69.5 Å². The van der Waals surface area contributed by atoms with E-state index in [4.69, 9.17) is 4.74 Å². The van der Waals surface area contributed by atoms with Gasteiger partial charge in [-0.1, -0.05) is 20.3 Å². The number of H-pyrrole nitrogens is 1. The summed E-state index contributed by atoms with van der Waals surface area (Å²) in [5, 5.41) is 7.40. The first-order valence-corrected chi connectivity index (χ1v) is 11.1. The number of piperidine rings is 2. The van der Waals surface area contributed by atoms with E-state index in [1.807, 2.05) is 11.0 Å². The number of rotatable bonds is 9. The van der Waals surface area contributed by atoms with E-state index in [0.717, 1.165) is 25.1 Å². The first kappa shape index (κ1) is 21.3. The third-order valence-electron chi connectivity index (χ3n) is 6.38. The van der Waals surface area contributed by atoms with Crippen molar-refractivity contribution in [3.8, 4) is 0 Å². The predicted octanol–water partition coefficient (Wildman–Crippen LogP) is 3.35. The molecular weight excluding hydrogens is 352 g/mol. The van der Waals surface area contributed by atoms with Crippen LogP contribution in [0.4, 0.5) is 0 Å². The molecule has 1 amide bonds. The fraction of sp³-hybridized carbons (Fsp3) is 0.818. The standard InChI is InChI=1S/C22H38N4O2/c1-17(2)9-10-19-15-20(24-23-19)22(27)26(13-14-28-3)16-18-7-6-12-25-11-5-4-8-21(18)25/h15,17-18,21H,4-14,16H2,1-3H3,(H,23,24)/t18-,21-/m1/s1. The second-order valence-electron chi connectivity index (χ2n) is 8.96. The van der Waals surface area contributed by atoms with Crippen molar-refractivity contribution in [2.24, 2.45) is 11.8 Å². The highest BCUT2D eigenvalue weighted by atomic mass is 16.5. The molecule has 0 saturated carbocycles. The Morgan fingerprint density at radius 3 is 2.93 bits per heavy atom. The third-order valence-corrected chi connectivity index (χ3v) is 6.38. The van der Waals surface area contributed by atoms with Crippen LogP contribution in [0.1, 0.15) is 68.6 Å². The molecule has 0 unspecified atom stereocenters. The Morgan fingerprint density at radius 2 is 2.14 bits per heavy atom. The molecule has 1 N–H and O–H groups in total. The van der Waals surface area contributed by atoms with E-state index in [2.05, 4.69) is 28.9 Å². The number of aromatic amines is 1. The van der Waals surface area contributed by atoms with Crippen LogP contribution in [0.5, 0.6) is 0 Å². The molecule has 6 heteroatoms. The van der Waals surface area contributed by atoms with Gasteiger partial charge in [0.1, 0.15) is 5.69 Å². The molecule has 0 aromatic carbocycles. The summed E-state index contributed by atoms with van der Waals surface area (Å²) < 4.78 is 5.29. The average Bonchev–Trinajstić information content (AvgIpc) is 3.18. The van der Waals surface area contributed by atoms with Crippen LogP contribution in [0, 0.1) is 11.8 Å². The van der Waals surface area contributed by atoms with E-state index in [1.165, 1.54) is 45.2 Å². The first-order chi connectivity index (χ1) is 13.6. The number of methoxy groups -OCH3 is 1. The molecule has 6 nitrogen and oxygen atoms in total. The Kier molecular flexibility index (Phi) is 7.91. The molecule has 3 heterocycles. The molecule has 3 rings (SSSR count). The molecule has 0 bridgehead atoms. The minimum Gasteiger partial charge on any atom is -0.383 e. The maximum atomic E-state index is 13.2. The van der Waals surface area contributed by atoms with Crippen LogP contribution in [0.15, 0.2) is 6.07 Å². The van der Waals surface area contributed by atoms with Crippen molar-refractivity contribution < 1.29 is 9.53 Å². The number of hydrogen-bond acceptors (Lipinski definition) is 4. The number of carbonyl (C=O) groups excluding carboxylic acids is 1. The number of nitrogens with one attached hydrogen (secondary N) is 1. The fourth-order valence-electron chi connectivity index (χ4n) is 4.76. The molecule has 2 aliphatic heterocycles. The molecule has 0 radical (unpaired) electrons. The zero-order valence-electron chi connectivity index (χ0n) is 18.0. The fourth-order valence-corrected chi connectivity index (χ4v) is 4.76. The SMILES string of the molecule is COCCN(C[C@H]1CCCN2CCCC[C@H]12)C(=O)c1cc(CCC(C)C)[nH]n1. The topological polar surface area (TPSA) is 61.5 Å². The van der Waals surface area contributed by atoms with Crippen LogP contribution in [0.3, 0.4) is 0 Å². The quantitative estimate of drug-likeness (QED) is 0.702. The smallest absolute Gasteiger partial charge is 0.274 e. The van der Waals surface area contributed by atoms with Crippen LogP contribution in [0.25, 0.3) is 0 Å². The number of hydrogen-bond donors (Lipinski definition) is 1. The molecule has 0 aliphatic carbocycles. The average molecular weight is 391 g/mol. The normalized spacial score (nSPS) is 23.0. The van der Waals surface area contributed by atoms with Gasteiger partial charge in [-0.3, -0.25) is 9.89 Å². The lowest BCUT2D eigenvalue weighted by molar-refractivity contribution is 0.0313. The van der Waals surface area contributed by atoms with E-state index in [-0.39, 0.29) is 5.91 Å². The zero-order chi connectivity index (χ0) is 19.9. The number of aromatic nitrogens is 2. The summed E-state index contributed by atoms with van der Waals surface area (Å²) in [6.07, 6.45) is 8.43. The Morgan fingerprint density at radius 1 is 1.32 bits per heavy atom. The van der Waals surface area contributed by atoms with Crippen molar-refractivity contribution in [3.63, 3.8) is 0 Å². The summed E-state index contributed by atoms with van der Waals surface area (Å²) in [5.74, 6) is 1.25. The first-order valence-electron chi connectivity index (χ1n) is 11.1. The lowest BCUT2D eigenvalue weighted by Gasteiger charge is -2.45. The van der Waals surface area contributed by atoms with Crippen LogP contribution < -0.4 is 0 Å². The highest BCUT2D eigenvalue weighted by Crippen LogP contribution is 2.31. The Bertz CT molecular complexity index is 613. The van der Waals surface area contributed by atoms with Crippen LogP contribution in [-0.4, -0.2) is 71.8 Å². The monoisotopic (exact) mass is 390 g/mol. The minimum atomic E-state index is 0.0389. The molecule has 0 spiro atoms. The van der Waals surface area contributed by atoms with Gasteiger partial charge in [0.25, 0.3) is 5.91 Å². The maximum Gasteiger partial charge on any atom is 0.274 e. The summed E-state index contributed by atoms with van der Waals surface area (Å²) in [6.45, 7) is 8.90. The van der Waals surface area contributed by atoms with Gasteiger partial charge in [0.2, 0.25) is 0 Å². The minimum absolute atomic E-state index is 0.0389. The van der Waals surface area contributed by atoms with Crippen molar-refractivity contribution in [1.29, 1.82) is 0 Å². The second kappa shape index (κ2) is 10.4. The van der Waals surface area contributed by atoms with Crippen molar-refractivity contribution in [2.45, 2.75) is 64.8 Å². The van der Waals surface area contributed by atoms with Crippen molar-refractivity contribution in [3.05, 3.63) is 17.5 Å². The zero-order valence-corrected chi connectivity index (χ0v) is 18.0. The number of ether oxygens (including phenoxy) is 1. The van der Waals surface area contributed by atoms with Gasteiger partial charge >= 0.3 is 0 Å². The number of nitrogens with zero attached hydrogens (tertiary/aromatic N) is 3. The van der Waals surface area contributed by atoms with Gasteiger partial charge in [-0.25, -0.2) is 0 Å². The van der Waals surface area contributed by atoms with Gasteiger partial charge < -0.3 is 14.5 Å². The molecule has 2 saturated heterocycles. The van der Waals surface area contributed by atoms with E-state index in [0.29, 0.717) is 36.7 Å². The molecule has 2 fully saturated rings. The molecule has 158 valence electrons. The lowest BCUT2D eigenvalue weighted by Crippen LogP contribution is -2.52. The van der Waals surface area contributed by atoms with Gasteiger partial charge in [0.15, 0.2) is 0 Å². The molecular formula is C22H38N4O2. The molecule has 2 atom stereocenters. The summed E-state index contributed by atoms with van der Waals surface area (Å²) in [4.78, 5) is 17.9. The second-order valence-corrected chi connectivity index (χ2v) is 8.96. The van der Waals surface area contributed by atoms with Crippen molar-refractivity contribution in [2.75, 3.05) is 39.9 Å². The molecule has 1 aromatic rings. The van der Waals surface area contributed by atoms with Crippen molar-refractivity contribution in [1.82, 2.24) is 20.0 Å². The highest BCUT2D eigenvalue weighted by Gasteiger charge is 2.35. The third kappa shape index (κ3) is 5.57. The number of aryl methyl sites for hydroxylation is 1. The molecule has 28 heavy (non-hydrogen) atoms. The van der Waals surface area contributed by atoms with Gasteiger partial charge in [0.05, 0.1) is 6.61 Å². The van der Waals surface area contributed by atoms with Gasteiger partial charge in [-0.2, -0.15) is 5.10 Å². The number of amides is 1. The Labute approximate surface area is 170 Å². The highest BCUT2D eigenvalue weighted by molar-refractivity contribution is 5.92. The van der Waals surface area contributed by atoms with E-state index in [1.54, 1.807) is 7.11 Å². The summed E-state index contributed by atoms with van der Waals surface area (Å²) >= 11 is 0. The Hall–Kier alpha value is -1.40. The van der Waals surface area contributed by atoms with Crippen LogP contribution in [0.2, 0.25) is 0 Å². The van der Waals surface area contributed by atoms with Gasteiger partial charge in [-0.15, -0.1) is 0 Å². The Balaban J connectivity index is 1.66. The van der Waals surface area contributed by atoms with Crippen LogP contribution >= 0.6 is 0 Å². The number of fused-ring (bicyclic) bond motifs is 1. The van der Waals surface area contributed by atoms with Crippen LogP contribution in [-0.2, 0) is 11.2 Å². The van der Waals surface area contributed by atoms with E-state index >= 15 is 0 Å². The van der Waals surface area contributed by atoms with Gasteiger partial charge in [0, 0.05) is 31.9 Å². The largest absolute Gasteiger partial charge is 0.383 e. The molecule has 1 aromatic heterocycles. The number of carbonyl (C=O) groups is 1. The summed E-state index contributed by atoms with van der Waals surface area (Å²) in [5.41, 5.74) is 1.60. The van der Waals surface area contributed by atoms with Crippen molar-refractivity contribution >= 4 is 5.91 Å². The summed E-state index contributed by atoms with van der Waals surface area (Å²) in [6, 6.07) is 2.58. The van der Waals surface area contributed by atoms with E-state index < -0.39 is 0 Å². The predicted molar refractivity (Wildman–Crippen MR) is 111 cm³/mol. The summed E-state index contributed by atoms with van der Waals surface area (Å²) in [7, 11) is 1.70. The lowest BCUT2D eigenvalue weighted by atomic mass is 9.83. The maximum absolute atomic E-state index is 13.2.